The van der Waals surface area contributed by atoms with E-state index in [4.69, 9.17) is 0 Å². The Labute approximate surface area is 92.0 Å². The van der Waals surface area contributed by atoms with Gasteiger partial charge in [-0.3, -0.25) is 0 Å². The van der Waals surface area contributed by atoms with Gasteiger partial charge < -0.3 is 4.57 Å². The number of imidazole rings is 1. The van der Waals surface area contributed by atoms with Crippen LogP contribution in [0.2, 0.25) is 0 Å². The van der Waals surface area contributed by atoms with Crippen LogP contribution in [-0.4, -0.2) is 9.55 Å². The molecule has 0 aliphatic heterocycles. The first-order valence-corrected chi connectivity index (χ1v) is 5.94. The summed E-state index contributed by atoms with van der Waals surface area (Å²) >= 11 is 0. The van der Waals surface area contributed by atoms with Crippen LogP contribution in [0.15, 0.2) is 12.2 Å². The van der Waals surface area contributed by atoms with E-state index in [1.807, 2.05) is 0 Å². The van der Waals surface area contributed by atoms with Crippen LogP contribution in [0.3, 0.4) is 0 Å². The van der Waals surface area contributed by atoms with Crippen molar-refractivity contribution in [3.8, 4) is 0 Å². The van der Waals surface area contributed by atoms with Crippen LogP contribution in [-0.2, 0) is 19.4 Å². The van der Waals surface area contributed by atoms with Gasteiger partial charge in [0.1, 0.15) is 5.82 Å². The molecule has 0 amide bonds. The zero-order valence-corrected chi connectivity index (χ0v) is 9.84. The van der Waals surface area contributed by atoms with Crippen molar-refractivity contribution in [2.75, 3.05) is 0 Å². The average Bonchev–Trinajstić information content (AvgIpc) is 2.55. The van der Waals surface area contributed by atoms with Crippen molar-refractivity contribution >= 4 is 0 Å². The fraction of sp³-hybridized carbons (Fsp3) is 0.615. The quantitative estimate of drug-likeness (QED) is 0.692. The summed E-state index contributed by atoms with van der Waals surface area (Å²) < 4.78 is 2.36. The van der Waals surface area contributed by atoms with E-state index in [9.17, 15) is 0 Å². The topological polar surface area (TPSA) is 17.8 Å². The first kappa shape index (κ1) is 10.5. The molecule has 15 heavy (non-hydrogen) atoms. The van der Waals surface area contributed by atoms with Gasteiger partial charge in [0.05, 0.1) is 5.69 Å². The molecule has 0 spiro atoms. The Morgan fingerprint density at radius 1 is 1.40 bits per heavy atom. The summed E-state index contributed by atoms with van der Waals surface area (Å²) in [7, 11) is 0. The van der Waals surface area contributed by atoms with Gasteiger partial charge in [0.2, 0.25) is 0 Å². The molecule has 0 atom stereocenters. The lowest BCUT2D eigenvalue weighted by Crippen LogP contribution is -2.10. The van der Waals surface area contributed by atoms with Crippen molar-refractivity contribution in [1.29, 1.82) is 0 Å². The first-order chi connectivity index (χ1) is 7.22. The van der Waals surface area contributed by atoms with Gasteiger partial charge >= 0.3 is 0 Å². The lowest BCUT2D eigenvalue weighted by molar-refractivity contribution is 0.618. The smallest absolute Gasteiger partial charge is 0.106 e. The SMILES string of the molecule is C=C(CC)Cn1c(C)nc2c1CCCC2. The van der Waals surface area contributed by atoms with Gasteiger partial charge in [-0.25, -0.2) is 4.98 Å². The van der Waals surface area contributed by atoms with Crippen LogP contribution < -0.4 is 0 Å². The van der Waals surface area contributed by atoms with Gasteiger partial charge in [0.15, 0.2) is 0 Å². The highest BCUT2D eigenvalue weighted by molar-refractivity contribution is 5.21. The molecule has 0 aromatic carbocycles. The third kappa shape index (κ3) is 1.99. The molecule has 0 bridgehead atoms. The maximum absolute atomic E-state index is 4.66. The summed E-state index contributed by atoms with van der Waals surface area (Å²) in [6.07, 6.45) is 6.05. The molecule has 2 nitrogen and oxygen atoms in total. The van der Waals surface area contributed by atoms with Crippen LogP contribution in [0.1, 0.15) is 43.4 Å². The molecule has 0 saturated carbocycles. The largest absolute Gasteiger partial charge is 0.328 e. The van der Waals surface area contributed by atoms with E-state index in [-0.39, 0.29) is 0 Å². The predicted octanol–water partition coefficient (Wildman–Crippen LogP) is 3.04. The molecule has 1 aromatic heterocycles. The molecule has 2 heteroatoms. The Bertz CT molecular complexity index is 374. The number of fused-ring (bicyclic) bond motifs is 1. The summed E-state index contributed by atoms with van der Waals surface area (Å²) in [6.45, 7) is 9.33. The van der Waals surface area contributed by atoms with Crippen LogP contribution in [0.5, 0.6) is 0 Å². The predicted molar refractivity (Wildman–Crippen MR) is 63.0 cm³/mol. The van der Waals surface area contributed by atoms with Crippen LogP contribution in [0, 0.1) is 6.92 Å². The van der Waals surface area contributed by atoms with Crippen molar-refractivity contribution < 1.29 is 0 Å². The second kappa shape index (κ2) is 4.21. The number of aromatic nitrogens is 2. The number of aryl methyl sites for hydroxylation is 2. The Kier molecular flexibility index (Phi) is 2.94. The molecular weight excluding hydrogens is 184 g/mol. The summed E-state index contributed by atoms with van der Waals surface area (Å²) in [4.78, 5) is 4.66. The number of hydrogen-bond acceptors (Lipinski definition) is 1. The van der Waals surface area contributed by atoms with Crippen LogP contribution >= 0.6 is 0 Å². The van der Waals surface area contributed by atoms with E-state index < -0.39 is 0 Å². The van der Waals surface area contributed by atoms with E-state index in [1.54, 1.807) is 0 Å². The minimum Gasteiger partial charge on any atom is -0.328 e. The molecule has 1 aliphatic rings. The molecule has 1 aliphatic carbocycles. The Hall–Kier alpha value is -1.05. The molecule has 2 rings (SSSR count). The molecule has 0 unspecified atom stereocenters. The van der Waals surface area contributed by atoms with Crippen molar-refractivity contribution in [2.24, 2.45) is 0 Å². The van der Waals surface area contributed by atoms with Crippen molar-refractivity contribution in [3.63, 3.8) is 0 Å². The summed E-state index contributed by atoms with van der Waals surface area (Å²) in [5, 5.41) is 0. The van der Waals surface area contributed by atoms with Gasteiger partial charge in [-0.2, -0.15) is 0 Å². The maximum Gasteiger partial charge on any atom is 0.106 e. The lowest BCUT2D eigenvalue weighted by atomic mass is 10.0. The van der Waals surface area contributed by atoms with Crippen molar-refractivity contribution in [2.45, 2.75) is 52.5 Å². The monoisotopic (exact) mass is 204 g/mol. The molecule has 0 radical (unpaired) electrons. The minimum absolute atomic E-state index is 0.963. The highest BCUT2D eigenvalue weighted by Crippen LogP contribution is 2.22. The highest BCUT2D eigenvalue weighted by Gasteiger charge is 2.17. The summed E-state index contributed by atoms with van der Waals surface area (Å²) in [6, 6.07) is 0. The fourth-order valence-corrected chi connectivity index (χ4v) is 2.28. The summed E-state index contributed by atoms with van der Waals surface area (Å²) in [5.41, 5.74) is 4.10. The van der Waals surface area contributed by atoms with E-state index in [1.165, 1.54) is 42.6 Å². The zero-order valence-electron chi connectivity index (χ0n) is 9.84. The van der Waals surface area contributed by atoms with Crippen LogP contribution in [0.25, 0.3) is 0 Å². The molecule has 0 saturated heterocycles. The average molecular weight is 204 g/mol. The molecule has 82 valence electrons. The number of nitrogens with zero attached hydrogens (tertiary/aromatic N) is 2. The van der Waals surface area contributed by atoms with E-state index in [0.717, 1.165) is 18.8 Å². The highest BCUT2D eigenvalue weighted by atomic mass is 15.1. The van der Waals surface area contributed by atoms with E-state index in [0.29, 0.717) is 0 Å². The Morgan fingerprint density at radius 2 is 2.13 bits per heavy atom. The first-order valence-electron chi connectivity index (χ1n) is 5.94. The Morgan fingerprint density at radius 3 is 2.87 bits per heavy atom. The number of hydrogen-bond donors (Lipinski definition) is 0. The molecule has 1 heterocycles. The van der Waals surface area contributed by atoms with Gasteiger partial charge in [-0.05, 0) is 39.0 Å². The third-order valence-corrected chi connectivity index (χ3v) is 3.31. The normalized spacial score (nSPS) is 15.1. The standard InChI is InChI=1S/C13H20N2/c1-4-10(2)9-15-11(3)14-12-7-5-6-8-13(12)15/h2,4-9H2,1,3H3. The van der Waals surface area contributed by atoms with E-state index in [2.05, 4.69) is 30.0 Å². The molecule has 0 fully saturated rings. The lowest BCUT2D eigenvalue weighted by Gasteiger charge is -2.15. The number of rotatable bonds is 3. The van der Waals surface area contributed by atoms with E-state index >= 15 is 0 Å². The summed E-state index contributed by atoms with van der Waals surface area (Å²) in [5.74, 6) is 1.16. The van der Waals surface area contributed by atoms with Gasteiger partial charge in [0.25, 0.3) is 0 Å². The van der Waals surface area contributed by atoms with Gasteiger partial charge in [0, 0.05) is 12.2 Å². The second-order valence-electron chi connectivity index (χ2n) is 4.45. The zero-order chi connectivity index (χ0) is 10.8. The molecule has 0 N–H and O–H groups in total. The van der Waals surface area contributed by atoms with Crippen LogP contribution in [0.4, 0.5) is 0 Å². The molecule has 1 aromatic rings. The molecular formula is C13H20N2. The minimum atomic E-state index is 0.963. The van der Waals surface area contributed by atoms with Gasteiger partial charge in [-0.15, -0.1) is 0 Å². The number of allylic oxidation sites excluding steroid dienone is 1. The maximum atomic E-state index is 4.66. The van der Waals surface area contributed by atoms with Crippen molar-refractivity contribution in [3.05, 3.63) is 29.4 Å². The second-order valence-corrected chi connectivity index (χ2v) is 4.45. The fourth-order valence-electron chi connectivity index (χ4n) is 2.28. The Balaban J connectivity index is 2.29. The third-order valence-electron chi connectivity index (χ3n) is 3.31. The van der Waals surface area contributed by atoms with Gasteiger partial charge in [-0.1, -0.05) is 19.1 Å². The van der Waals surface area contributed by atoms with Crippen molar-refractivity contribution in [1.82, 2.24) is 9.55 Å².